The summed E-state index contributed by atoms with van der Waals surface area (Å²) in [6.45, 7) is 4.26. The summed E-state index contributed by atoms with van der Waals surface area (Å²) in [5.74, 6) is -0.826. The van der Waals surface area contributed by atoms with Crippen molar-refractivity contribution in [3.63, 3.8) is 0 Å². The summed E-state index contributed by atoms with van der Waals surface area (Å²) in [5, 5.41) is 0. The Bertz CT molecular complexity index is 1000. The molecule has 58 heavy (non-hydrogen) atoms. The van der Waals surface area contributed by atoms with E-state index in [0.29, 0.717) is 17.4 Å². The van der Waals surface area contributed by atoms with Gasteiger partial charge in [0, 0.05) is 12.8 Å². The molecule has 0 aromatic carbocycles. The van der Waals surface area contributed by atoms with Gasteiger partial charge in [-0.15, -0.1) is 0 Å². The van der Waals surface area contributed by atoms with Crippen molar-refractivity contribution in [2.45, 2.75) is 238 Å². The number of esters is 2. The van der Waals surface area contributed by atoms with Gasteiger partial charge in [0.15, 0.2) is 6.10 Å². The minimum atomic E-state index is -4.62. The van der Waals surface area contributed by atoms with Crippen LogP contribution in [0, 0.1) is 0 Å². The molecule has 0 spiro atoms. The summed E-state index contributed by atoms with van der Waals surface area (Å²) in [6, 6.07) is 0. The number of quaternary nitrogens is 1. The summed E-state index contributed by atoms with van der Waals surface area (Å²) >= 11 is 0. The quantitative estimate of drug-likeness (QED) is 0.0196. The molecule has 9 nitrogen and oxygen atoms in total. The summed E-state index contributed by atoms with van der Waals surface area (Å²) in [6.07, 6.45) is 43.7. The first-order valence-electron chi connectivity index (χ1n) is 24.4. The summed E-state index contributed by atoms with van der Waals surface area (Å²) in [5.41, 5.74) is 0. The maximum Gasteiger partial charge on any atom is 0.306 e. The number of carbonyl (C=O) groups excluding carboxylic acids is 2. The predicted molar refractivity (Wildman–Crippen MR) is 241 cm³/mol. The van der Waals surface area contributed by atoms with E-state index in [4.69, 9.17) is 18.5 Å². The molecule has 0 saturated heterocycles. The number of unbranched alkanes of at least 4 members (excludes halogenated alkanes) is 29. The van der Waals surface area contributed by atoms with Crippen molar-refractivity contribution < 1.29 is 42.1 Å². The lowest BCUT2D eigenvalue weighted by molar-refractivity contribution is -0.870. The van der Waals surface area contributed by atoms with Crippen molar-refractivity contribution in [1.29, 1.82) is 0 Å². The molecule has 1 unspecified atom stereocenters. The third-order valence-electron chi connectivity index (χ3n) is 10.8. The van der Waals surface area contributed by atoms with E-state index in [1.807, 2.05) is 21.1 Å². The van der Waals surface area contributed by atoms with E-state index in [2.05, 4.69) is 26.0 Å². The first-order valence-corrected chi connectivity index (χ1v) is 25.9. The second kappa shape index (κ2) is 41.1. The van der Waals surface area contributed by atoms with E-state index in [1.165, 1.54) is 154 Å². The van der Waals surface area contributed by atoms with Crippen LogP contribution in [-0.4, -0.2) is 70.0 Å². The third kappa shape index (κ3) is 44.3. The number of nitrogens with zero attached hydrogens (tertiary/aromatic N) is 1. The number of likely N-dealkylation sites (N-methyl/N-ethyl adjacent to an activating group) is 1. The number of carbonyl (C=O) groups is 2. The van der Waals surface area contributed by atoms with E-state index in [1.54, 1.807) is 0 Å². The van der Waals surface area contributed by atoms with Gasteiger partial charge in [-0.25, -0.2) is 0 Å². The smallest absolute Gasteiger partial charge is 0.306 e. The van der Waals surface area contributed by atoms with Gasteiger partial charge in [-0.3, -0.25) is 14.2 Å². The standard InChI is InChI=1S/C48H94NO8P/c1-6-8-10-12-14-16-18-20-22-23-24-25-27-29-31-33-35-37-39-41-48(51)57-46(45-56-58(52,53)55-43-42-49(3,4)5)44-54-47(50)40-38-36-34-32-30-28-26-21-19-17-15-13-11-9-7-2/h23-24,46H,6-22,25-45H2,1-5H3/b24-23-/t46-/m1/s1. The van der Waals surface area contributed by atoms with E-state index in [-0.39, 0.29) is 32.0 Å². The van der Waals surface area contributed by atoms with E-state index < -0.39 is 26.5 Å². The highest BCUT2D eigenvalue weighted by Gasteiger charge is 2.21. The molecule has 0 aliphatic heterocycles. The van der Waals surface area contributed by atoms with Gasteiger partial charge in [0.05, 0.1) is 27.7 Å². The normalized spacial score (nSPS) is 13.6. The van der Waals surface area contributed by atoms with Gasteiger partial charge in [0.2, 0.25) is 0 Å². The molecule has 0 saturated carbocycles. The molecule has 0 aliphatic carbocycles. The van der Waals surface area contributed by atoms with Crippen LogP contribution in [0.5, 0.6) is 0 Å². The highest BCUT2D eigenvalue weighted by molar-refractivity contribution is 7.45. The van der Waals surface area contributed by atoms with Gasteiger partial charge < -0.3 is 27.9 Å². The van der Waals surface area contributed by atoms with Crippen LogP contribution in [0.15, 0.2) is 12.2 Å². The Hall–Kier alpha value is -1.25. The highest BCUT2D eigenvalue weighted by atomic mass is 31.2. The molecule has 0 bridgehead atoms. The number of phosphoric acid groups is 1. The highest BCUT2D eigenvalue weighted by Crippen LogP contribution is 2.38. The summed E-state index contributed by atoms with van der Waals surface area (Å²) in [4.78, 5) is 37.6. The predicted octanol–water partition coefficient (Wildman–Crippen LogP) is 13.5. The van der Waals surface area contributed by atoms with Crippen LogP contribution in [0.4, 0.5) is 0 Å². The van der Waals surface area contributed by atoms with Crippen LogP contribution >= 0.6 is 7.82 Å². The van der Waals surface area contributed by atoms with Crippen molar-refractivity contribution in [2.75, 3.05) is 47.5 Å². The fourth-order valence-corrected chi connectivity index (χ4v) is 7.67. The van der Waals surface area contributed by atoms with Gasteiger partial charge in [-0.2, -0.15) is 0 Å². The molecular formula is C48H94NO8P. The molecule has 0 aromatic heterocycles. The SMILES string of the molecule is CCCCCCCCCC/C=C\CCCCCCCCCC(=O)O[C@H](COC(=O)CCCCCCCCCCCCCCCCC)COP(=O)([O-])OCC[N+](C)(C)C. The Morgan fingerprint density at radius 1 is 0.517 bits per heavy atom. The van der Waals surface area contributed by atoms with E-state index in [9.17, 15) is 19.0 Å². The Labute approximate surface area is 358 Å². The van der Waals surface area contributed by atoms with E-state index in [0.717, 1.165) is 44.9 Å². The number of ether oxygens (including phenoxy) is 2. The number of hydrogen-bond donors (Lipinski definition) is 0. The van der Waals surface area contributed by atoms with Crippen molar-refractivity contribution in [1.82, 2.24) is 0 Å². The second-order valence-corrected chi connectivity index (χ2v) is 19.2. The van der Waals surface area contributed by atoms with Crippen LogP contribution in [-0.2, 0) is 32.7 Å². The number of phosphoric ester groups is 1. The maximum absolute atomic E-state index is 12.7. The Balaban J connectivity index is 4.27. The molecule has 2 atom stereocenters. The van der Waals surface area contributed by atoms with Crippen LogP contribution in [0.25, 0.3) is 0 Å². The average Bonchev–Trinajstić information content (AvgIpc) is 3.17. The van der Waals surface area contributed by atoms with Gasteiger partial charge in [-0.05, 0) is 38.5 Å². The molecule has 0 fully saturated rings. The number of rotatable bonds is 45. The zero-order chi connectivity index (χ0) is 42.8. The lowest BCUT2D eigenvalue weighted by Crippen LogP contribution is -2.37. The van der Waals surface area contributed by atoms with Gasteiger partial charge in [-0.1, -0.05) is 193 Å². The molecular weight excluding hydrogens is 750 g/mol. The van der Waals surface area contributed by atoms with Crippen LogP contribution in [0.2, 0.25) is 0 Å². The lowest BCUT2D eigenvalue weighted by Gasteiger charge is -2.28. The fraction of sp³-hybridized carbons (Fsp3) is 0.917. The first kappa shape index (κ1) is 56.8. The van der Waals surface area contributed by atoms with Crippen molar-refractivity contribution in [3.8, 4) is 0 Å². The number of allylic oxidation sites excluding steroid dienone is 2. The molecule has 10 heteroatoms. The Kier molecular flexibility index (Phi) is 40.2. The largest absolute Gasteiger partial charge is 0.756 e. The first-order chi connectivity index (χ1) is 28.0. The maximum atomic E-state index is 12.7. The zero-order valence-electron chi connectivity index (χ0n) is 38.8. The van der Waals surface area contributed by atoms with E-state index >= 15 is 0 Å². The molecule has 0 N–H and O–H groups in total. The second-order valence-electron chi connectivity index (χ2n) is 17.8. The lowest BCUT2D eigenvalue weighted by atomic mass is 10.0. The zero-order valence-corrected chi connectivity index (χ0v) is 39.7. The topological polar surface area (TPSA) is 111 Å². The van der Waals surface area contributed by atoms with Crippen LogP contribution < -0.4 is 4.89 Å². The van der Waals surface area contributed by atoms with Crippen molar-refractivity contribution in [2.24, 2.45) is 0 Å². The Morgan fingerprint density at radius 2 is 0.879 bits per heavy atom. The molecule has 344 valence electrons. The van der Waals surface area contributed by atoms with Crippen molar-refractivity contribution in [3.05, 3.63) is 12.2 Å². The molecule has 0 aliphatic rings. The fourth-order valence-electron chi connectivity index (χ4n) is 6.95. The monoisotopic (exact) mass is 844 g/mol. The minimum Gasteiger partial charge on any atom is -0.756 e. The molecule has 0 radical (unpaired) electrons. The molecule has 0 rings (SSSR count). The number of hydrogen-bond acceptors (Lipinski definition) is 8. The average molecular weight is 844 g/mol. The van der Waals surface area contributed by atoms with Crippen molar-refractivity contribution >= 4 is 19.8 Å². The summed E-state index contributed by atoms with van der Waals surface area (Å²) < 4.78 is 34.0. The molecule has 0 amide bonds. The Morgan fingerprint density at radius 3 is 1.28 bits per heavy atom. The van der Waals surface area contributed by atoms with Gasteiger partial charge in [0.1, 0.15) is 19.8 Å². The third-order valence-corrected chi connectivity index (χ3v) is 11.7. The molecule has 0 heterocycles. The van der Waals surface area contributed by atoms with Gasteiger partial charge in [0.25, 0.3) is 7.82 Å². The molecule has 0 aromatic rings. The van der Waals surface area contributed by atoms with Crippen LogP contribution in [0.3, 0.4) is 0 Å². The van der Waals surface area contributed by atoms with Gasteiger partial charge >= 0.3 is 11.9 Å². The summed E-state index contributed by atoms with van der Waals surface area (Å²) in [7, 11) is 1.17. The van der Waals surface area contributed by atoms with Crippen LogP contribution in [0.1, 0.15) is 232 Å². The minimum absolute atomic E-state index is 0.0284.